The van der Waals surface area contributed by atoms with E-state index in [-0.39, 0.29) is 24.5 Å². The molecular formula is C15H22N2O2. The molecule has 19 heavy (non-hydrogen) atoms. The molecule has 0 radical (unpaired) electrons. The normalized spacial score (nSPS) is 18.4. The lowest BCUT2D eigenvalue weighted by Crippen LogP contribution is -2.51. The molecular weight excluding hydrogens is 240 g/mol. The summed E-state index contributed by atoms with van der Waals surface area (Å²) in [5, 5.41) is 15.5. The highest BCUT2D eigenvalue weighted by Gasteiger charge is 2.29. The molecule has 1 unspecified atom stereocenters. The number of aliphatic hydroxyl groups is 1. The number of hydrogen-bond acceptors (Lipinski definition) is 3. The average molecular weight is 262 g/mol. The molecule has 4 heteroatoms. The number of aliphatic hydroxyl groups excluding tert-OH is 1. The van der Waals surface area contributed by atoms with E-state index in [4.69, 9.17) is 0 Å². The molecule has 1 amide bonds. The van der Waals surface area contributed by atoms with Gasteiger partial charge in [-0.1, -0.05) is 37.3 Å². The Balaban J connectivity index is 1.86. The van der Waals surface area contributed by atoms with Crippen LogP contribution in [-0.2, 0) is 11.2 Å². The van der Waals surface area contributed by atoms with E-state index in [1.165, 1.54) is 0 Å². The second-order valence-electron chi connectivity index (χ2n) is 5.28. The van der Waals surface area contributed by atoms with Crippen LogP contribution in [0.5, 0.6) is 0 Å². The van der Waals surface area contributed by atoms with E-state index in [2.05, 4.69) is 10.6 Å². The van der Waals surface area contributed by atoms with Gasteiger partial charge in [0.2, 0.25) is 5.91 Å². The topological polar surface area (TPSA) is 61.4 Å². The van der Waals surface area contributed by atoms with Crippen LogP contribution in [0.4, 0.5) is 0 Å². The molecule has 1 aromatic carbocycles. The van der Waals surface area contributed by atoms with Crippen LogP contribution >= 0.6 is 0 Å². The van der Waals surface area contributed by atoms with Crippen molar-refractivity contribution in [3.8, 4) is 0 Å². The molecule has 1 fully saturated rings. The zero-order chi connectivity index (χ0) is 13.7. The molecule has 1 aliphatic rings. The molecule has 0 bridgehead atoms. The molecule has 1 aliphatic heterocycles. The van der Waals surface area contributed by atoms with Gasteiger partial charge in [0, 0.05) is 5.92 Å². The van der Waals surface area contributed by atoms with Gasteiger partial charge >= 0.3 is 0 Å². The van der Waals surface area contributed by atoms with E-state index in [9.17, 15) is 9.90 Å². The minimum Gasteiger partial charge on any atom is -0.394 e. The van der Waals surface area contributed by atoms with Gasteiger partial charge in [-0.2, -0.15) is 0 Å². The van der Waals surface area contributed by atoms with Crippen LogP contribution in [-0.4, -0.2) is 36.8 Å². The summed E-state index contributed by atoms with van der Waals surface area (Å²) in [7, 11) is 0. The van der Waals surface area contributed by atoms with Gasteiger partial charge in [0.25, 0.3) is 0 Å². The fraction of sp³-hybridized carbons (Fsp3) is 0.533. The van der Waals surface area contributed by atoms with Crippen molar-refractivity contribution in [3.63, 3.8) is 0 Å². The first kappa shape index (κ1) is 14.0. The summed E-state index contributed by atoms with van der Waals surface area (Å²) >= 11 is 0. The molecule has 3 N–H and O–H groups in total. The highest BCUT2D eigenvalue weighted by molar-refractivity contribution is 5.79. The molecule has 1 saturated heterocycles. The van der Waals surface area contributed by atoms with Crippen molar-refractivity contribution in [1.82, 2.24) is 10.6 Å². The number of hydrogen-bond donors (Lipinski definition) is 3. The lowest BCUT2D eigenvalue weighted by Gasteiger charge is -2.32. The Kier molecular flexibility index (Phi) is 4.93. The largest absolute Gasteiger partial charge is 0.394 e. The van der Waals surface area contributed by atoms with Gasteiger partial charge in [-0.15, -0.1) is 0 Å². The number of rotatable bonds is 6. The molecule has 2 rings (SSSR count). The van der Waals surface area contributed by atoms with Crippen LogP contribution in [0.25, 0.3) is 0 Å². The van der Waals surface area contributed by atoms with E-state index in [0.717, 1.165) is 18.7 Å². The molecule has 1 aromatic rings. The highest BCUT2D eigenvalue weighted by Crippen LogP contribution is 2.16. The van der Waals surface area contributed by atoms with Crippen molar-refractivity contribution in [1.29, 1.82) is 0 Å². The van der Waals surface area contributed by atoms with Gasteiger partial charge in [-0.05, 0) is 31.0 Å². The second kappa shape index (κ2) is 6.68. The number of carbonyl (C=O) groups is 1. The van der Waals surface area contributed by atoms with Gasteiger partial charge in [0.15, 0.2) is 0 Å². The summed E-state index contributed by atoms with van der Waals surface area (Å²) in [5.41, 5.74) is 1.12. The first-order valence-electron chi connectivity index (χ1n) is 6.86. The SMILES string of the molecule is CC(C(=O)N[C@H](CO)Cc1ccccc1)C1CNC1. The van der Waals surface area contributed by atoms with Crippen molar-refractivity contribution in [2.75, 3.05) is 19.7 Å². The van der Waals surface area contributed by atoms with Crippen LogP contribution in [0.3, 0.4) is 0 Å². The van der Waals surface area contributed by atoms with E-state index in [1.54, 1.807) is 0 Å². The zero-order valence-electron chi connectivity index (χ0n) is 11.3. The number of amides is 1. The second-order valence-corrected chi connectivity index (χ2v) is 5.28. The van der Waals surface area contributed by atoms with Crippen LogP contribution < -0.4 is 10.6 Å². The third kappa shape index (κ3) is 3.78. The molecule has 0 spiro atoms. The molecule has 104 valence electrons. The Morgan fingerprint density at radius 2 is 2.11 bits per heavy atom. The third-order valence-electron chi connectivity index (χ3n) is 3.83. The molecule has 0 aliphatic carbocycles. The molecule has 2 atom stereocenters. The van der Waals surface area contributed by atoms with Crippen LogP contribution in [0.15, 0.2) is 30.3 Å². The lowest BCUT2D eigenvalue weighted by molar-refractivity contribution is -0.127. The Morgan fingerprint density at radius 1 is 1.42 bits per heavy atom. The Bertz CT molecular complexity index is 404. The van der Waals surface area contributed by atoms with Gasteiger partial charge in [-0.25, -0.2) is 0 Å². The minimum atomic E-state index is -0.203. The quantitative estimate of drug-likeness (QED) is 0.702. The van der Waals surface area contributed by atoms with Gasteiger partial charge in [-0.3, -0.25) is 4.79 Å². The summed E-state index contributed by atoms with van der Waals surface area (Å²) in [6, 6.07) is 9.71. The Hall–Kier alpha value is -1.39. The summed E-state index contributed by atoms with van der Waals surface area (Å²) in [6.45, 7) is 3.75. The van der Waals surface area contributed by atoms with Gasteiger partial charge < -0.3 is 15.7 Å². The van der Waals surface area contributed by atoms with E-state index in [0.29, 0.717) is 12.3 Å². The number of benzene rings is 1. The molecule has 1 heterocycles. The first-order valence-corrected chi connectivity index (χ1v) is 6.86. The maximum atomic E-state index is 12.1. The van der Waals surface area contributed by atoms with E-state index in [1.807, 2.05) is 37.3 Å². The van der Waals surface area contributed by atoms with Crippen molar-refractivity contribution in [3.05, 3.63) is 35.9 Å². The predicted octanol–water partition coefficient (Wildman–Crippen LogP) is 0.562. The van der Waals surface area contributed by atoms with Crippen LogP contribution in [0.1, 0.15) is 12.5 Å². The maximum absolute atomic E-state index is 12.1. The monoisotopic (exact) mass is 262 g/mol. The van der Waals surface area contributed by atoms with Gasteiger partial charge in [0.05, 0.1) is 12.6 Å². The predicted molar refractivity (Wildman–Crippen MR) is 74.7 cm³/mol. The lowest BCUT2D eigenvalue weighted by atomic mass is 9.88. The standard InChI is InChI=1S/C15H22N2O2/c1-11(13-8-16-9-13)15(19)17-14(10-18)7-12-5-3-2-4-6-12/h2-6,11,13-14,16,18H,7-10H2,1H3,(H,17,19)/t11?,14-/m0/s1. The van der Waals surface area contributed by atoms with E-state index >= 15 is 0 Å². The van der Waals surface area contributed by atoms with Crippen LogP contribution in [0, 0.1) is 11.8 Å². The zero-order valence-corrected chi connectivity index (χ0v) is 11.3. The molecule has 0 aromatic heterocycles. The number of carbonyl (C=O) groups excluding carboxylic acids is 1. The van der Waals surface area contributed by atoms with Crippen LogP contribution in [0.2, 0.25) is 0 Å². The fourth-order valence-electron chi connectivity index (χ4n) is 2.27. The third-order valence-corrected chi connectivity index (χ3v) is 3.83. The minimum absolute atomic E-state index is 0.00562. The van der Waals surface area contributed by atoms with E-state index < -0.39 is 0 Å². The fourth-order valence-corrected chi connectivity index (χ4v) is 2.27. The van der Waals surface area contributed by atoms with Crippen molar-refractivity contribution >= 4 is 5.91 Å². The smallest absolute Gasteiger partial charge is 0.223 e. The average Bonchev–Trinajstić information content (AvgIpc) is 2.37. The van der Waals surface area contributed by atoms with Gasteiger partial charge in [0.1, 0.15) is 0 Å². The van der Waals surface area contributed by atoms with Crippen molar-refractivity contribution in [2.45, 2.75) is 19.4 Å². The summed E-state index contributed by atoms with van der Waals surface area (Å²) < 4.78 is 0. The number of nitrogens with one attached hydrogen (secondary N) is 2. The Morgan fingerprint density at radius 3 is 2.63 bits per heavy atom. The van der Waals surface area contributed by atoms with Crippen molar-refractivity contribution in [2.24, 2.45) is 11.8 Å². The molecule has 4 nitrogen and oxygen atoms in total. The summed E-state index contributed by atoms with van der Waals surface area (Å²) in [6.07, 6.45) is 0.665. The van der Waals surface area contributed by atoms with Crippen molar-refractivity contribution < 1.29 is 9.90 Å². The first-order chi connectivity index (χ1) is 9.20. The maximum Gasteiger partial charge on any atom is 0.223 e. The molecule has 0 saturated carbocycles. The Labute approximate surface area is 114 Å². The summed E-state index contributed by atoms with van der Waals surface area (Å²) in [4.78, 5) is 12.1. The summed E-state index contributed by atoms with van der Waals surface area (Å²) in [5.74, 6) is 0.476. The highest BCUT2D eigenvalue weighted by atomic mass is 16.3.